The van der Waals surface area contributed by atoms with Crippen molar-refractivity contribution < 1.29 is 20.6 Å². The Kier molecular flexibility index (Phi) is 5.30. The molecule has 0 unspecified atom stereocenters. The monoisotopic (exact) mass is 769 g/mol. The fourth-order valence-corrected chi connectivity index (χ4v) is 8.46. The largest absolute Gasteiger partial charge is 0.310 e. The van der Waals surface area contributed by atoms with Gasteiger partial charge in [0.05, 0.1) is 37.3 Å². The van der Waals surface area contributed by atoms with Crippen LogP contribution in [0, 0.1) is 0 Å². The summed E-state index contributed by atoms with van der Waals surface area (Å²) in [5.41, 5.74) is 4.48. The maximum atomic E-state index is 9.88. The van der Waals surface area contributed by atoms with E-state index in [-0.39, 0.29) is 28.9 Å². The highest BCUT2D eigenvalue weighted by Crippen LogP contribution is 2.51. The van der Waals surface area contributed by atoms with Crippen molar-refractivity contribution >= 4 is 38.9 Å². The van der Waals surface area contributed by atoms with Gasteiger partial charge in [0.2, 0.25) is 0 Å². The first-order valence-corrected chi connectivity index (χ1v) is 19.3. The standard InChI is InChI=1S/C57H42N2/c1-57(2)52-22-12-9-20-48(52)49-35-34-46(38-53(49)57)58(54-23-13-10-19-47(54)42-17-7-4-8-18-42)44-30-27-41(28-31-44)43-29-36-56-51(37-43)50-21-11-14-24-55(50)59(56)45-32-25-40(26-33-45)39-15-5-3-6-16-39/h3-38H,1-2H3/i4D,7D,8D,10D,13D,17D,18D,19D,23D,27D,28D,29D,30D,31D,36D. The number of fused-ring (bicyclic) bond motifs is 6. The number of anilines is 3. The highest BCUT2D eigenvalue weighted by molar-refractivity contribution is 6.10. The molecule has 9 aromatic carbocycles. The van der Waals surface area contributed by atoms with Gasteiger partial charge in [-0.3, -0.25) is 0 Å². The molecule has 0 radical (unpaired) electrons. The van der Waals surface area contributed by atoms with Crippen molar-refractivity contribution in [2.24, 2.45) is 0 Å². The van der Waals surface area contributed by atoms with Crippen molar-refractivity contribution in [1.29, 1.82) is 0 Å². The molecular weight excluding hydrogens is 713 g/mol. The van der Waals surface area contributed by atoms with Crippen LogP contribution in [0.15, 0.2) is 218 Å². The van der Waals surface area contributed by atoms with Gasteiger partial charge in [-0.15, -0.1) is 0 Å². The van der Waals surface area contributed by atoms with Gasteiger partial charge < -0.3 is 9.47 Å². The summed E-state index contributed by atoms with van der Waals surface area (Å²) in [6, 6.07) is 29.7. The molecule has 1 aliphatic rings. The van der Waals surface area contributed by atoms with E-state index in [1.165, 1.54) is 0 Å². The summed E-state index contributed by atoms with van der Waals surface area (Å²) in [5.74, 6) is 0. The van der Waals surface area contributed by atoms with E-state index in [1.54, 1.807) is 24.3 Å². The molecule has 10 aromatic rings. The zero-order valence-corrected chi connectivity index (χ0v) is 32.0. The minimum atomic E-state index is -0.781. The topological polar surface area (TPSA) is 8.17 Å². The number of benzene rings is 9. The van der Waals surface area contributed by atoms with Gasteiger partial charge in [-0.2, -0.15) is 0 Å². The minimum absolute atomic E-state index is 0.0570. The van der Waals surface area contributed by atoms with Crippen LogP contribution in [0.2, 0.25) is 0 Å². The number of hydrogen-bond donors (Lipinski definition) is 0. The SMILES string of the molecule is [2H]c1c([2H])c([2H])c(-c2c([2H])c([2H])c([2H])c([2H])c2N(c2ccc3c(c2)C(C)(C)c2ccccc2-3)c2c([2H])c([2H])c(-c3cc4c5ccccc5n(-c5ccc(-c6ccccc6)cc5)c4c([2H])c3[2H])c([2H])c2[2H])c([2H])c1[2H]. The van der Waals surface area contributed by atoms with Gasteiger partial charge in [0, 0.05) is 38.8 Å². The van der Waals surface area contributed by atoms with Crippen molar-refractivity contribution in [1.82, 2.24) is 4.57 Å². The zero-order chi connectivity index (χ0) is 52.6. The Morgan fingerprint density at radius 3 is 1.93 bits per heavy atom. The molecule has 0 atom stereocenters. The summed E-state index contributed by atoms with van der Waals surface area (Å²) < 4.78 is 141. The molecule has 1 aromatic heterocycles. The van der Waals surface area contributed by atoms with Crippen LogP contribution in [0.25, 0.3) is 72.0 Å². The average molecular weight is 770 g/mol. The molecule has 59 heavy (non-hydrogen) atoms. The number of aromatic nitrogens is 1. The Balaban J connectivity index is 1.18. The van der Waals surface area contributed by atoms with E-state index >= 15 is 0 Å². The molecule has 0 N–H and O–H groups in total. The normalized spacial score (nSPS) is 16.3. The van der Waals surface area contributed by atoms with Gasteiger partial charge in [-0.1, -0.05) is 171 Å². The summed E-state index contributed by atoms with van der Waals surface area (Å²) in [6.45, 7) is 4.02. The van der Waals surface area contributed by atoms with Gasteiger partial charge in [0.1, 0.15) is 0 Å². The van der Waals surface area contributed by atoms with Crippen LogP contribution >= 0.6 is 0 Å². The third kappa shape index (κ3) is 5.79. The molecule has 2 heteroatoms. The predicted molar refractivity (Wildman–Crippen MR) is 249 cm³/mol. The summed E-state index contributed by atoms with van der Waals surface area (Å²) in [6.07, 6.45) is 0. The van der Waals surface area contributed by atoms with Crippen LogP contribution in [0.1, 0.15) is 45.5 Å². The smallest absolute Gasteiger partial charge is 0.0645 e. The Morgan fingerprint density at radius 2 is 1.10 bits per heavy atom. The predicted octanol–water partition coefficient (Wildman–Crippen LogP) is 15.6. The molecule has 280 valence electrons. The van der Waals surface area contributed by atoms with Crippen LogP contribution in [0.4, 0.5) is 17.1 Å². The molecule has 0 saturated carbocycles. The van der Waals surface area contributed by atoms with Crippen LogP contribution in [0.5, 0.6) is 0 Å². The lowest BCUT2D eigenvalue weighted by atomic mass is 9.82. The number of nitrogens with zero attached hydrogens (tertiary/aromatic N) is 2. The van der Waals surface area contributed by atoms with Crippen molar-refractivity contribution in [3.05, 3.63) is 229 Å². The van der Waals surface area contributed by atoms with E-state index < -0.39 is 106 Å². The third-order valence-corrected chi connectivity index (χ3v) is 11.3. The molecule has 0 spiro atoms. The highest BCUT2D eigenvalue weighted by Gasteiger charge is 2.36. The van der Waals surface area contributed by atoms with Gasteiger partial charge >= 0.3 is 0 Å². The first-order valence-electron chi connectivity index (χ1n) is 26.8. The molecule has 0 amide bonds. The number of rotatable bonds is 7. The van der Waals surface area contributed by atoms with Crippen molar-refractivity contribution in [3.8, 4) is 50.2 Å². The van der Waals surface area contributed by atoms with Crippen molar-refractivity contribution in [2.75, 3.05) is 4.90 Å². The molecule has 1 aliphatic carbocycles. The minimum Gasteiger partial charge on any atom is -0.310 e. The van der Waals surface area contributed by atoms with Crippen LogP contribution < -0.4 is 4.90 Å². The second-order valence-corrected chi connectivity index (χ2v) is 15.0. The molecule has 11 rings (SSSR count). The maximum Gasteiger partial charge on any atom is 0.0645 e. The van der Waals surface area contributed by atoms with E-state index in [2.05, 4.69) is 0 Å². The first-order chi connectivity index (χ1) is 35.3. The Hall–Kier alpha value is -7.42. The van der Waals surface area contributed by atoms with E-state index in [0.717, 1.165) is 49.5 Å². The maximum absolute atomic E-state index is 9.88. The Labute approximate surface area is 367 Å². The Bertz CT molecular complexity index is 4000. The second kappa shape index (κ2) is 13.9. The number of hydrogen-bond acceptors (Lipinski definition) is 1. The van der Waals surface area contributed by atoms with Gasteiger partial charge in [0.25, 0.3) is 0 Å². The molecular formula is C57H42N2. The average Bonchev–Trinajstić information content (AvgIpc) is 3.86. The van der Waals surface area contributed by atoms with Crippen LogP contribution in [-0.4, -0.2) is 4.57 Å². The van der Waals surface area contributed by atoms with Gasteiger partial charge in [0.15, 0.2) is 0 Å². The third-order valence-electron chi connectivity index (χ3n) is 11.3. The second-order valence-electron chi connectivity index (χ2n) is 15.0. The summed E-state index contributed by atoms with van der Waals surface area (Å²) in [4.78, 5) is 1.16. The highest BCUT2D eigenvalue weighted by atomic mass is 15.1. The fraction of sp³-hybridized carbons (Fsp3) is 0.0526. The van der Waals surface area contributed by atoms with E-state index in [0.29, 0.717) is 16.3 Å². The lowest BCUT2D eigenvalue weighted by Gasteiger charge is -2.30. The first kappa shape index (κ1) is 22.5. The van der Waals surface area contributed by atoms with Crippen LogP contribution in [-0.2, 0) is 5.41 Å². The van der Waals surface area contributed by atoms with Crippen molar-refractivity contribution in [2.45, 2.75) is 19.3 Å². The van der Waals surface area contributed by atoms with Gasteiger partial charge in [-0.05, 0) is 111 Å². The quantitative estimate of drug-likeness (QED) is 0.157. The molecule has 2 nitrogen and oxygen atoms in total. The van der Waals surface area contributed by atoms with E-state index in [4.69, 9.17) is 9.60 Å². The lowest BCUT2D eigenvalue weighted by Crippen LogP contribution is -2.16. The van der Waals surface area contributed by atoms with E-state index in [1.807, 2.05) is 122 Å². The summed E-state index contributed by atoms with van der Waals surface area (Å²) in [7, 11) is 0. The molecule has 0 saturated heterocycles. The molecule has 0 bridgehead atoms. The number of para-hydroxylation sites is 2. The summed E-state index contributed by atoms with van der Waals surface area (Å²) >= 11 is 0. The molecule has 1 heterocycles. The Morgan fingerprint density at radius 1 is 0.424 bits per heavy atom. The lowest BCUT2D eigenvalue weighted by molar-refractivity contribution is 0.660. The van der Waals surface area contributed by atoms with Crippen molar-refractivity contribution in [3.63, 3.8) is 0 Å². The fourth-order valence-electron chi connectivity index (χ4n) is 8.46. The van der Waals surface area contributed by atoms with Crippen LogP contribution in [0.3, 0.4) is 0 Å². The molecule has 0 aliphatic heterocycles. The zero-order valence-electron chi connectivity index (χ0n) is 47.0. The molecule has 0 fully saturated rings. The van der Waals surface area contributed by atoms with Gasteiger partial charge in [-0.25, -0.2) is 0 Å². The summed E-state index contributed by atoms with van der Waals surface area (Å²) in [5, 5.41) is 1.24. The van der Waals surface area contributed by atoms with E-state index in [9.17, 15) is 11.0 Å².